The Bertz CT molecular complexity index is 702. The van der Waals surface area contributed by atoms with Gasteiger partial charge in [-0.1, -0.05) is 22.9 Å². The number of carbonyl (C=O) groups excluding carboxylic acids is 1. The summed E-state index contributed by atoms with van der Waals surface area (Å²) in [5.74, 6) is 0.353. The fraction of sp³-hybridized carbons (Fsp3) is 0.474. The zero-order valence-corrected chi connectivity index (χ0v) is 15.1. The highest BCUT2D eigenvalue weighted by molar-refractivity contribution is 5.93. The van der Waals surface area contributed by atoms with Crippen LogP contribution in [0, 0.1) is 13.8 Å². The number of anilines is 2. The number of likely N-dealkylation sites (tertiary alicyclic amines) is 1. The van der Waals surface area contributed by atoms with Crippen LogP contribution < -0.4 is 10.6 Å². The summed E-state index contributed by atoms with van der Waals surface area (Å²) in [6.07, 6.45) is 2.04. The molecule has 1 aliphatic rings. The second-order valence-corrected chi connectivity index (χ2v) is 6.82. The number of piperidine rings is 1. The Morgan fingerprint density at radius 1 is 1.24 bits per heavy atom. The van der Waals surface area contributed by atoms with Gasteiger partial charge in [-0.25, -0.2) is 0 Å². The van der Waals surface area contributed by atoms with Gasteiger partial charge in [-0.2, -0.15) is 0 Å². The Balaban J connectivity index is 1.47. The van der Waals surface area contributed by atoms with Gasteiger partial charge in [0.25, 0.3) is 0 Å². The smallest absolute Gasteiger partial charge is 0.243 e. The Labute approximate surface area is 148 Å². The summed E-state index contributed by atoms with van der Waals surface area (Å²) in [7, 11) is 0. The first-order valence-corrected chi connectivity index (χ1v) is 8.82. The van der Waals surface area contributed by atoms with Crippen LogP contribution in [0.1, 0.15) is 31.0 Å². The SMILES string of the molecule is Cc1ccc(NC2CCN([C@H](C)C(=O)Nc3cc(C)no3)CC2)cc1. The number of carbonyl (C=O) groups is 1. The van der Waals surface area contributed by atoms with Gasteiger partial charge < -0.3 is 9.84 Å². The summed E-state index contributed by atoms with van der Waals surface area (Å²) in [4.78, 5) is 14.6. The van der Waals surface area contributed by atoms with E-state index in [9.17, 15) is 4.79 Å². The summed E-state index contributed by atoms with van der Waals surface area (Å²) in [6, 6.07) is 10.5. The molecule has 1 amide bonds. The van der Waals surface area contributed by atoms with Gasteiger partial charge >= 0.3 is 0 Å². The number of amides is 1. The van der Waals surface area contributed by atoms with Gasteiger partial charge in [0.05, 0.1) is 11.7 Å². The van der Waals surface area contributed by atoms with Gasteiger partial charge in [-0.15, -0.1) is 0 Å². The van der Waals surface area contributed by atoms with Crippen LogP contribution in [0.3, 0.4) is 0 Å². The maximum Gasteiger partial charge on any atom is 0.243 e. The van der Waals surface area contributed by atoms with Gasteiger partial charge in [0.1, 0.15) is 0 Å². The van der Waals surface area contributed by atoms with Crippen LogP contribution in [0.2, 0.25) is 0 Å². The average Bonchev–Trinajstić information content (AvgIpc) is 3.02. The van der Waals surface area contributed by atoms with Crippen molar-refractivity contribution in [3.8, 4) is 0 Å². The molecule has 6 nitrogen and oxygen atoms in total. The van der Waals surface area contributed by atoms with Crippen LogP contribution in [0.5, 0.6) is 0 Å². The lowest BCUT2D eigenvalue weighted by Crippen LogP contribution is -2.48. The molecular weight excluding hydrogens is 316 g/mol. The molecule has 3 rings (SSSR count). The first kappa shape index (κ1) is 17.5. The fourth-order valence-corrected chi connectivity index (χ4v) is 3.13. The van der Waals surface area contributed by atoms with E-state index in [4.69, 9.17) is 4.52 Å². The Kier molecular flexibility index (Phi) is 5.38. The lowest BCUT2D eigenvalue weighted by Gasteiger charge is -2.35. The van der Waals surface area contributed by atoms with Crippen molar-refractivity contribution < 1.29 is 9.32 Å². The van der Waals surface area contributed by atoms with Crippen molar-refractivity contribution >= 4 is 17.5 Å². The van der Waals surface area contributed by atoms with Crippen LogP contribution in [-0.2, 0) is 4.79 Å². The zero-order chi connectivity index (χ0) is 17.8. The molecule has 2 N–H and O–H groups in total. The third-order valence-corrected chi connectivity index (χ3v) is 4.75. The molecule has 2 heterocycles. The molecule has 1 aromatic heterocycles. The van der Waals surface area contributed by atoms with Crippen molar-refractivity contribution in [2.24, 2.45) is 0 Å². The predicted octanol–water partition coefficient (Wildman–Crippen LogP) is 3.19. The van der Waals surface area contributed by atoms with Crippen LogP contribution in [-0.4, -0.2) is 41.1 Å². The molecule has 25 heavy (non-hydrogen) atoms. The largest absolute Gasteiger partial charge is 0.382 e. The van der Waals surface area contributed by atoms with E-state index < -0.39 is 0 Å². The standard InChI is InChI=1S/C19H26N4O2/c1-13-4-6-16(7-5-13)20-17-8-10-23(11-9-17)15(3)19(24)21-18-12-14(2)22-25-18/h4-7,12,15,17,20H,8-11H2,1-3H3,(H,21,24)/t15-/m1/s1. The van der Waals surface area contributed by atoms with Crippen LogP contribution in [0.25, 0.3) is 0 Å². The van der Waals surface area contributed by atoms with E-state index in [1.807, 2.05) is 13.8 Å². The minimum atomic E-state index is -0.189. The van der Waals surface area contributed by atoms with Crippen molar-refractivity contribution in [3.63, 3.8) is 0 Å². The summed E-state index contributed by atoms with van der Waals surface area (Å²) in [5, 5.41) is 10.2. The maximum absolute atomic E-state index is 12.4. The molecule has 0 bridgehead atoms. The number of rotatable bonds is 5. The number of aromatic nitrogens is 1. The van der Waals surface area contributed by atoms with E-state index in [-0.39, 0.29) is 11.9 Å². The molecule has 1 fully saturated rings. The van der Waals surface area contributed by atoms with Crippen molar-refractivity contribution in [2.75, 3.05) is 23.7 Å². The van der Waals surface area contributed by atoms with Gasteiger partial charge in [0.2, 0.25) is 11.8 Å². The number of benzene rings is 1. The predicted molar refractivity (Wildman–Crippen MR) is 98.7 cm³/mol. The van der Waals surface area contributed by atoms with Crippen molar-refractivity contribution in [1.82, 2.24) is 10.1 Å². The molecule has 1 saturated heterocycles. The highest BCUT2D eigenvalue weighted by Gasteiger charge is 2.27. The van der Waals surface area contributed by atoms with E-state index in [1.54, 1.807) is 6.07 Å². The monoisotopic (exact) mass is 342 g/mol. The summed E-state index contributed by atoms with van der Waals surface area (Å²) >= 11 is 0. The molecule has 0 spiro atoms. The quantitative estimate of drug-likeness (QED) is 0.873. The summed E-state index contributed by atoms with van der Waals surface area (Å²) in [6.45, 7) is 7.65. The first-order chi connectivity index (χ1) is 12.0. The summed E-state index contributed by atoms with van der Waals surface area (Å²) in [5.41, 5.74) is 3.18. The van der Waals surface area contributed by atoms with Gasteiger partial charge in [-0.05, 0) is 45.7 Å². The molecule has 0 aliphatic carbocycles. The van der Waals surface area contributed by atoms with E-state index in [2.05, 4.69) is 51.9 Å². The molecule has 1 aromatic carbocycles. The van der Waals surface area contributed by atoms with Crippen LogP contribution in [0.15, 0.2) is 34.9 Å². The maximum atomic E-state index is 12.4. The molecule has 1 aliphatic heterocycles. The molecule has 6 heteroatoms. The lowest BCUT2D eigenvalue weighted by atomic mass is 10.0. The van der Waals surface area contributed by atoms with E-state index >= 15 is 0 Å². The topological polar surface area (TPSA) is 70.4 Å². The van der Waals surface area contributed by atoms with Gasteiger partial charge in [0.15, 0.2) is 0 Å². The number of nitrogens with one attached hydrogen (secondary N) is 2. The number of hydrogen-bond acceptors (Lipinski definition) is 5. The minimum Gasteiger partial charge on any atom is -0.382 e. The van der Waals surface area contributed by atoms with Crippen LogP contribution >= 0.6 is 0 Å². The number of nitrogens with zero attached hydrogens (tertiary/aromatic N) is 2. The normalized spacial score (nSPS) is 17.2. The Morgan fingerprint density at radius 2 is 1.92 bits per heavy atom. The molecule has 0 radical (unpaired) electrons. The molecule has 2 aromatic rings. The van der Waals surface area contributed by atoms with Gasteiger partial charge in [0, 0.05) is 30.9 Å². The highest BCUT2D eigenvalue weighted by atomic mass is 16.5. The molecule has 1 atom stereocenters. The fourth-order valence-electron chi connectivity index (χ4n) is 3.13. The van der Waals surface area contributed by atoms with Crippen molar-refractivity contribution in [3.05, 3.63) is 41.6 Å². The third kappa shape index (κ3) is 4.60. The summed E-state index contributed by atoms with van der Waals surface area (Å²) < 4.78 is 5.05. The molecular formula is C19H26N4O2. The third-order valence-electron chi connectivity index (χ3n) is 4.75. The number of aryl methyl sites for hydroxylation is 2. The van der Waals surface area contributed by atoms with E-state index in [1.165, 1.54) is 5.56 Å². The van der Waals surface area contributed by atoms with Crippen molar-refractivity contribution in [1.29, 1.82) is 0 Å². The molecule has 134 valence electrons. The molecule has 0 saturated carbocycles. The number of hydrogen-bond donors (Lipinski definition) is 2. The van der Waals surface area contributed by atoms with Gasteiger partial charge in [-0.3, -0.25) is 15.0 Å². The highest BCUT2D eigenvalue weighted by Crippen LogP contribution is 2.19. The second-order valence-electron chi connectivity index (χ2n) is 6.82. The van der Waals surface area contributed by atoms with E-state index in [0.29, 0.717) is 11.9 Å². The molecule has 0 unspecified atom stereocenters. The Morgan fingerprint density at radius 3 is 2.52 bits per heavy atom. The van der Waals surface area contributed by atoms with Crippen molar-refractivity contribution in [2.45, 2.75) is 45.7 Å². The Hall–Kier alpha value is -2.34. The first-order valence-electron chi connectivity index (χ1n) is 8.82. The average molecular weight is 342 g/mol. The minimum absolute atomic E-state index is 0.0545. The van der Waals surface area contributed by atoms with E-state index in [0.717, 1.165) is 37.3 Å². The zero-order valence-electron chi connectivity index (χ0n) is 15.1. The second kappa shape index (κ2) is 7.70. The van der Waals surface area contributed by atoms with Crippen LogP contribution in [0.4, 0.5) is 11.6 Å². The lowest BCUT2D eigenvalue weighted by molar-refractivity contribution is -0.121.